The van der Waals surface area contributed by atoms with E-state index in [1.54, 1.807) is 0 Å². The summed E-state index contributed by atoms with van der Waals surface area (Å²) < 4.78 is 0. The summed E-state index contributed by atoms with van der Waals surface area (Å²) in [6.45, 7) is 3.13. The molecule has 140 valence electrons. The summed E-state index contributed by atoms with van der Waals surface area (Å²) in [6, 6.07) is 0. The fraction of sp³-hybridized carbons (Fsp3) is 1.00. The summed E-state index contributed by atoms with van der Waals surface area (Å²) in [4.78, 5) is 33.4. The van der Waals surface area contributed by atoms with E-state index in [4.69, 9.17) is 72.8 Å². The molecule has 23 heavy (non-hydrogen) atoms. The second-order valence-corrected chi connectivity index (χ2v) is 2.28. The van der Waals surface area contributed by atoms with Gasteiger partial charge in [0.15, 0.2) is 0 Å². The van der Waals surface area contributed by atoms with Crippen molar-refractivity contribution in [3.05, 3.63) is 40.5 Å². The van der Waals surface area contributed by atoms with Gasteiger partial charge in [0, 0.05) is 26.2 Å². The van der Waals surface area contributed by atoms with Crippen molar-refractivity contribution in [3.63, 3.8) is 0 Å². The summed E-state index contributed by atoms with van der Waals surface area (Å²) in [7, 11) is 0. The highest BCUT2D eigenvalue weighted by atomic mass is 16.9. The molecule has 0 aromatic heterocycles. The third kappa shape index (κ3) is 11200. The number of nitrogens with one attached hydrogen (secondary N) is 1. The molecule has 19 heteroatoms. The Kier molecular flexibility index (Phi) is 43.2. The van der Waals surface area contributed by atoms with Crippen LogP contribution in [0.1, 0.15) is 0 Å². The fourth-order valence-electron chi connectivity index (χ4n) is 0.329. The second-order valence-electron chi connectivity index (χ2n) is 2.28. The Morgan fingerprint density at radius 2 is 0.783 bits per heavy atom. The monoisotopic (exact) mass is 355 g/mol. The van der Waals surface area contributed by atoms with E-state index in [2.05, 4.69) is 5.32 Å². The Morgan fingerprint density at radius 1 is 0.652 bits per heavy atom. The van der Waals surface area contributed by atoms with Gasteiger partial charge in [0.05, 0.1) is 0 Å². The molecule has 0 fully saturated rings. The molecule has 0 unspecified atom stereocenters. The van der Waals surface area contributed by atoms with Gasteiger partial charge >= 0.3 is 0 Å². The van der Waals surface area contributed by atoms with Crippen LogP contribution < -0.4 is 16.8 Å². The molecule has 0 atom stereocenters. The minimum Gasteiger partial charge on any atom is -0.329 e. The molecule has 0 saturated carbocycles. The molecule has 0 saturated heterocycles. The zero-order valence-corrected chi connectivity index (χ0v) is 11.3. The third-order valence-electron chi connectivity index (χ3n) is 0.642. The number of nitrogens with two attached hydrogens (primary N) is 2. The molecule has 19 nitrogen and oxygen atoms in total. The maximum absolute atomic E-state index is 8.36. The molecule has 0 spiro atoms. The van der Waals surface area contributed by atoms with E-state index in [9.17, 15) is 0 Å². The molecule has 0 aromatic carbocycles. The van der Waals surface area contributed by atoms with Gasteiger partial charge in [-0.3, -0.25) is 0 Å². The van der Waals surface area contributed by atoms with Crippen molar-refractivity contribution in [1.29, 1.82) is 0 Å². The maximum atomic E-state index is 8.36. The lowest BCUT2D eigenvalue weighted by molar-refractivity contribution is -0.742. The van der Waals surface area contributed by atoms with Gasteiger partial charge in [0.1, 0.15) is 0 Å². The zero-order chi connectivity index (χ0) is 19.8. The molecule has 0 aliphatic heterocycles. The van der Waals surface area contributed by atoms with Crippen molar-refractivity contribution >= 4 is 0 Å². The third-order valence-corrected chi connectivity index (χ3v) is 0.642. The molecule has 0 aliphatic rings. The van der Waals surface area contributed by atoms with E-state index in [0.29, 0.717) is 13.1 Å². The molecule has 0 radical (unpaired) electrons. The molecule has 9 N–H and O–H groups in total. The smallest absolute Gasteiger partial charge is 0.291 e. The lowest BCUT2D eigenvalue weighted by atomic mass is 10.6. The van der Waals surface area contributed by atoms with Crippen LogP contribution in [0.2, 0.25) is 0 Å². The van der Waals surface area contributed by atoms with E-state index in [-0.39, 0.29) is 0 Å². The predicted octanol–water partition coefficient (Wildman–Crippen LogP) is -2.90. The Hall–Kier alpha value is -3.32. The van der Waals surface area contributed by atoms with Gasteiger partial charge in [-0.1, -0.05) is 0 Å². The van der Waals surface area contributed by atoms with Crippen molar-refractivity contribution in [1.82, 2.24) is 5.32 Å². The molecule has 0 aliphatic carbocycles. The first-order valence-electron chi connectivity index (χ1n) is 4.78. The summed E-state index contributed by atoms with van der Waals surface area (Å²) in [5.41, 5.74) is 10.3. The molecular weight excluding hydrogens is 338 g/mol. The largest absolute Gasteiger partial charge is 0.329 e. The van der Waals surface area contributed by atoms with Crippen LogP contribution >= 0.6 is 0 Å². The Morgan fingerprint density at radius 3 is 0.870 bits per heavy atom. The standard InChI is InChI=1S/C4H13N3.4HNO3/c5-1-3-7-4-2-6;4*2-1(3)4/h7H,1-6H2;4*(H,2,3,4). The lowest BCUT2D eigenvalue weighted by Crippen LogP contribution is -2.27. The molecular formula is C4H17N7O12. The van der Waals surface area contributed by atoms with Gasteiger partial charge in [0.25, 0.3) is 20.3 Å². The highest BCUT2D eigenvalue weighted by molar-refractivity contribution is 4.45. The van der Waals surface area contributed by atoms with Crippen molar-refractivity contribution in [3.8, 4) is 0 Å². The summed E-state index contributed by atoms with van der Waals surface area (Å²) in [6.07, 6.45) is 0. The van der Waals surface area contributed by atoms with Crippen molar-refractivity contribution in [2.75, 3.05) is 26.2 Å². The maximum Gasteiger partial charge on any atom is 0.291 e. The van der Waals surface area contributed by atoms with Gasteiger partial charge in [-0.25, -0.2) is 0 Å². The van der Waals surface area contributed by atoms with Crippen molar-refractivity contribution < 1.29 is 41.2 Å². The highest BCUT2D eigenvalue weighted by Crippen LogP contribution is 1.49. The molecule has 0 bridgehead atoms. The van der Waals surface area contributed by atoms with Gasteiger partial charge in [-0.2, -0.15) is 0 Å². The first-order chi connectivity index (χ1) is 10.3. The summed E-state index contributed by atoms with van der Waals surface area (Å²) in [5.74, 6) is 0. The molecule has 0 amide bonds. The van der Waals surface area contributed by atoms with Crippen molar-refractivity contribution in [2.45, 2.75) is 0 Å². The molecule has 0 aromatic rings. The number of hydrogen-bond acceptors (Lipinski definition) is 11. The first-order valence-corrected chi connectivity index (χ1v) is 4.78. The summed E-state index contributed by atoms with van der Waals surface area (Å²) >= 11 is 0. The van der Waals surface area contributed by atoms with Gasteiger partial charge in [0.2, 0.25) is 0 Å². The average Bonchev–Trinajstić information content (AvgIpc) is 2.26. The van der Waals surface area contributed by atoms with Gasteiger partial charge in [-0.05, 0) is 0 Å². The number of nitrogens with zero attached hydrogens (tertiary/aromatic N) is 4. The number of hydrogen-bond donors (Lipinski definition) is 7. The van der Waals surface area contributed by atoms with E-state index in [1.807, 2.05) is 0 Å². The van der Waals surface area contributed by atoms with E-state index < -0.39 is 20.3 Å². The Balaban J connectivity index is -0.0000000604. The van der Waals surface area contributed by atoms with Crippen LogP contribution in [0.5, 0.6) is 0 Å². The van der Waals surface area contributed by atoms with Gasteiger partial charge in [-0.15, -0.1) is 40.5 Å². The lowest BCUT2D eigenvalue weighted by Gasteiger charge is -1.95. The molecule has 0 heterocycles. The van der Waals surface area contributed by atoms with Gasteiger partial charge < -0.3 is 37.6 Å². The minimum absolute atomic E-state index is 0.694. The van der Waals surface area contributed by atoms with E-state index >= 15 is 0 Å². The quantitative estimate of drug-likeness (QED) is 0.151. The van der Waals surface area contributed by atoms with Crippen LogP contribution in [0.3, 0.4) is 0 Å². The minimum atomic E-state index is -1.50. The second kappa shape index (κ2) is 31.2. The van der Waals surface area contributed by atoms with Crippen LogP contribution in [-0.4, -0.2) is 67.4 Å². The zero-order valence-electron chi connectivity index (χ0n) is 11.3. The highest BCUT2D eigenvalue weighted by Gasteiger charge is 1.76. The van der Waals surface area contributed by atoms with Crippen LogP contribution in [0.15, 0.2) is 0 Å². The molecule has 0 rings (SSSR count). The Labute approximate surface area is 126 Å². The van der Waals surface area contributed by atoms with Crippen LogP contribution in [0, 0.1) is 40.5 Å². The van der Waals surface area contributed by atoms with Crippen LogP contribution in [0.25, 0.3) is 0 Å². The average molecular weight is 355 g/mol. The Bertz CT molecular complexity index is 231. The number of rotatable bonds is 4. The van der Waals surface area contributed by atoms with Crippen molar-refractivity contribution in [2.24, 2.45) is 11.5 Å². The van der Waals surface area contributed by atoms with Crippen LogP contribution in [-0.2, 0) is 0 Å². The first kappa shape index (κ1) is 31.9. The van der Waals surface area contributed by atoms with E-state index in [1.165, 1.54) is 0 Å². The van der Waals surface area contributed by atoms with Crippen LogP contribution in [0.4, 0.5) is 0 Å². The summed E-state index contributed by atoms with van der Waals surface area (Å²) in [5, 5.41) is 57.6. The topological polar surface area (TPSA) is 318 Å². The SMILES string of the molecule is NCCNCCN.O=[N+]([O-])O.O=[N+]([O-])O.O=[N+]([O-])O.O=[N+]([O-])O. The normalized spacial score (nSPS) is 7.04. The van der Waals surface area contributed by atoms with E-state index in [0.717, 1.165) is 13.1 Å². The fourth-order valence-corrected chi connectivity index (χ4v) is 0.329. The predicted molar refractivity (Wildman–Crippen MR) is 66.1 cm³/mol.